The summed E-state index contributed by atoms with van der Waals surface area (Å²) in [6, 6.07) is 10.1. The van der Waals surface area contributed by atoms with Crippen LogP contribution in [0.15, 0.2) is 36.4 Å². The predicted molar refractivity (Wildman–Crippen MR) is 134 cm³/mol. The van der Waals surface area contributed by atoms with Gasteiger partial charge < -0.3 is 48.8 Å². The van der Waals surface area contributed by atoms with Crippen LogP contribution in [0.2, 0.25) is 5.02 Å². The van der Waals surface area contributed by atoms with Gasteiger partial charge in [-0.05, 0) is 50.6 Å². The van der Waals surface area contributed by atoms with E-state index in [1.807, 2.05) is 45.0 Å². The molecule has 38 heavy (non-hydrogen) atoms. The van der Waals surface area contributed by atoms with Gasteiger partial charge in [0.25, 0.3) is 0 Å². The van der Waals surface area contributed by atoms with Gasteiger partial charge in [-0.3, -0.25) is 0 Å². The van der Waals surface area contributed by atoms with E-state index in [4.69, 9.17) is 45.1 Å². The fourth-order valence-electron chi connectivity index (χ4n) is 3.69. The number of benzene rings is 2. The van der Waals surface area contributed by atoms with Crippen LogP contribution in [0.3, 0.4) is 0 Å². The molecule has 1 aliphatic heterocycles. The zero-order chi connectivity index (χ0) is 28.0. The molecule has 2 aromatic rings. The van der Waals surface area contributed by atoms with Gasteiger partial charge in [-0.25, -0.2) is 4.79 Å². The SMILES string of the molecule is COc1cc(C(=O)OCO[C@@H]2[C@@H](O)[C@H](O)[C@@H](CO)O[C@@H]2O)cc(Cl)c1OCc1cccc(OC(C)(C)C)c1. The van der Waals surface area contributed by atoms with Crippen molar-refractivity contribution >= 4 is 17.6 Å². The number of halogens is 1. The molecule has 1 aliphatic rings. The lowest BCUT2D eigenvalue weighted by atomic mass is 9.99. The van der Waals surface area contributed by atoms with Gasteiger partial charge in [-0.1, -0.05) is 23.7 Å². The highest BCUT2D eigenvalue weighted by Gasteiger charge is 2.44. The lowest BCUT2D eigenvalue weighted by Crippen LogP contribution is -2.59. The van der Waals surface area contributed by atoms with Crippen molar-refractivity contribution < 1.29 is 53.6 Å². The van der Waals surface area contributed by atoms with E-state index in [1.165, 1.54) is 19.2 Å². The summed E-state index contributed by atoms with van der Waals surface area (Å²) in [5.41, 5.74) is 0.511. The summed E-state index contributed by atoms with van der Waals surface area (Å²) >= 11 is 6.38. The van der Waals surface area contributed by atoms with Crippen LogP contribution < -0.4 is 14.2 Å². The monoisotopic (exact) mass is 556 g/mol. The molecule has 1 heterocycles. The summed E-state index contributed by atoms with van der Waals surface area (Å²) in [6.07, 6.45) is -7.34. The lowest BCUT2D eigenvalue weighted by molar-refractivity contribution is -0.304. The molecular formula is C26H33ClO11. The summed E-state index contributed by atoms with van der Waals surface area (Å²) in [5.74, 6) is 0.275. The number of aliphatic hydroxyl groups excluding tert-OH is 4. The molecule has 0 radical (unpaired) electrons. The van der Waals surface area contributed by atoms with Crippen molar-refractivity contribution in [3.05, 3.63) is 52.5 Å². The molecule has 1 saturated heterocycles. The largest absolute Gasteiger partial charge is 0.493 e. The normalized spacial score (nSPS) is 23.6. The molecule has 1 fully saturated rings. The van der Waals surface area contributed by atoms with Gasteiger partial charge in [0, 0.05) is 0 Å². The summed E-state index contributed by atoms with van der Waals surface area (Å²) in [4.78, 5) is 12.6. The Kier molecular flexibility index (Phi) is 10.2. The standard InChI is InChI=1S/C26H33ClO11/c1-26(2,3)38-16-7-5-6-14(8-16)12-34-22-17(27)9-15(10-18(22)33-4)24(31)36-13-35-23-21(30)20(29)19(11-28)37-25(23)32/h5-10,19-21,23,25,28-30,32H,11-13H2,1-4H3/t19-,20-,21+,23-,25+/m1/s1. The second-order valence-electron chi connectivity index (χ2n) is 9.55. The van der Waals surface area contributed by atoms with Gasteiger partial charge in [-0.2, -0.15) is 0 Å². The average Bonchev–Trinajstić information content (AvgIpc) is 2.86. The molecule has 0 unspecified atom stereocenters. The minimum atomic E-state index is -1.66. The molecule has 210 valence electrons. The van der Waals surface area contributed by atoms with Crippen molar-refractivity contribution in [3.8, 4) is 17.2 Å². The second-order valence-corrected chi connectivity index (χ2v) is 9.96. The summed E-state index contributed by atoms with van der Waals surface area (Å²) in [7, 11) is 1.39. The fraction of sp³-hybridized carbons (Fsp3) is 0.500. The highest BCUT2D eigenvalue weighted by atomic mass is 35.5. The molecule has 0 spiro atoms. The first-order valence-corrected chi connectivity index (χ1v) is 12.2. The summed E-state index contributed by atoms with van der Waals surface area (Å²) < 4.78 is 32.3. The molecule has 5 atom stereocenters. The highest BCUT2D eigenvalue weighted by Crippen LogP contribution is 2.37. The summed E-state index contributed by atoms with van der Waals surface area (Å²) in [6.45, 7) is 4.72. The van der Waals surface area contributed by atoms with Crippen LogP contribution in [-0.4, -0.2) is 83.2 Å². The van der Waals surface area contributed by atoms with E-state index in [9.17, 15) is 20.1 Å². The Labute approximate surface area is 225 Å². The van der Waals surface area contributed by atoms with Gasteiger partial charge in [0.1, 0.15) is 42.4 Å². The van der Waals surface area contributed by atoms with Crippen LogP contribution in [0.4, 0.5) is 0 Å². The van der Waals surface area contributed by atoms with Crippen molar-refractivity contribution in [1.82, 2.24) is 0 Å². The molecule has 0 amide bonds. The predicted octanol–water partition coefficient (Wildman–Crippen LogP) is 2.04. The minimum Gasteiger partial charge on any atom is -0.493 e. The van der Waals surface area contributed by atoms with E-state index in [0.29, 0.717) is 5.75 Å². The summed E-state index contributed by atoms with van der Waals surface area (Å²) in [5, 5.41) is 39.2. The van der Waals surface area contributed by atoms with E-state index in [2.05, 4.69) is 0 Å². The number of aliphatic hydroxyl groups is 4. The van der Waals surface area contributed by atoms with Crippen molar-refractivity contribution in [2.75, 3.05) is 20.5 Å². The number of ether oxygens (including phenoxy) is 6. The lowest BCUT2D eigenvalue weighted by Gasteiger charge is -2.39. The van der Waals surface area contributed by atoms with Gasteiger partial charge >= 0.3 is 5.97 Å². The van der Waals surface area contributed by atoms with Gasteiger partial charge in [0.05, 0.1) is 24.3 Å². The van der Waals surface area contributed by atoms with Crippen molar-refractivity contribution in [2.45, 2.75) is 63.7 Å². The Morgan fingerprint density at radius 2 is 1.84 bits per heavy atom. The maximum atomic E-state index is 12.6. The van der Waals surface area contributed by atoms with Crippen molar-refractivity contribution in [1.29, 1.82) is 0 Å². The molecule has 0 aliphatic carbocycles. The number of carbonyl (C=O) groups is 1. The van der Waals surface area contributed by atoms with Crippen molar-refractivity contribution in [3.63, 3.8) is 0 Å². The first kappa shape index (κ1) is 29.9. The first-order chi connectivity index (χ1) is 17.9. The van der Waals surface area contributed by atoms with E-state index < -0.39 is 50.1 Å². The molecular weight excluding hydrogens is 524 g/mol. The van der Waals surface area contributed by atoms with Crippen LogP contribution >= 0.6 is 11.6 Å². The third-order valence-electron chi connectivity index (χ3n) is 5.46. The number of hydrogen-bond donors (Lipinski definition) is 4. The van der Waals surface area contributed by atoms with E-state index in [-0.39, 0.29) is 34.3 Å². The Bertz CT molecular complexity index is 1090. The second kappa shape index (κ2) is 12.9. The Morgan fingerprint density at radius 1 is 1.11 bits per heavy atom. The van der Waals surface area contributed by atoms with Gasteiger partial charge in [0.2, 0.25) is 0 Å². The maximum absolute atomic E-state index is 12.6. The van der Waals surface area contributed by atoms with Crippen LogP contribution in [-0.2, 0) is 20.8 Å². The number of esters is 1. The fourth-order valence-corrected chi connectivity index (χ4v) is 3.95. The third kappa shape index (κ3) is 7.70. The number of carbonyl (C=O) groups excluding carboxylic acids is 1. The maximum Gasteiger partial charge on any atom is 0.340 e. The molecule has 2 aromatic carbocycles. The van der Waals surface area contributed by atoms with E-state index in [0.717, 1.165) is 5.56 Å². The van der Waals surface area contributed by atoms with E-state index >= 15 is 0 Å². The quantitative estimate of drug-likeness (QED) is 0.251. The van der Waals surface area contributed by atoms with E-state index in [1.54, 1.807) is 0 Å². The Morgan fingerprint density at radius 3 is 2.50 bits per heavy atom. The van der Waals surface area contributed by atoms with Crippen LogP contribution in [0, 0.1) is 0 Å². The van der Waals surface area contributed by atoms with Crippen molar-refractivity contribution in [2.24, 2.45) is 0 Å². The zero-order valence-electron chi connectivity index (χ0n) is 21.5. The van der Waals surface area contributed by atoms with Gasteiger partial charge in [-0.15, -0.1) is 0 Å². The molecule has 3 rings (SSSR count). The number of rotatable bonds is 10. The molecule has 11 nitrogen and oxygen atoms in total. The molecule has 0 aromatic heterocycles. The molecule has 12 heteroatoms. The average molecular weight is 557 g/mol. The Hall–Kier alpha value is -2.64. The smallest absolute Gasteiger partial charge is 0.340 e. The highest BCUT2D eigenvalue weighted by molar-refractivity contribution is 6.32. The molecule has 0 bridgehead atoms. The molecule has 4 N–H and O–H groups in total. The first-order valence-electron chi connectivity index (χ1n) is 11.8. The third-order valence-corrected chi connectivity index (χ3v) is 5.74. The number of methoxy groups -OCH3 is 1. The number of hydrogen-bond acceptors (Lipinski definition) is 11. The van der Waals surface area contributed by atoms with Crippen LogP contribution in [0.25, 0.3) is 0 Å². The zero-order valence-corrected chi connectivity index (χ0v) is 22.3. The van der Waals surface area contributed by atoms with Crippen LogP contribution in [0.5, 0.6) is 17.2 Å². The minimum absolute atomic E-state index is 0.0322. The van der Waals surface area contributed by atoms with Crippen LogP contribution in [0.1, 0.15) is 36.7 Å². The topological polar surface area (TPSA) is 153 Å². The Balaban J connectivity index is 1.61. The molecule has 0 saturated carbocycles. The van der Waals surface area contributed by atoms with Gasteiger partial charge in [0.15, 0.2) is 24.6 Å².